The van der Waals surface area contributed by atoms with Crippen LogP contribution in [0.4, 0.5) is 71.6 Å². The lowest BCUT2D eigenvalue weighted by Crippen LogP contribution is -2.58. The number of fused-ring (bicyclic) bond motifs is 4. The van der Waals surface area contributed by atoms with Crippen LogP contribution in [-0.4, -0.2) is 178 Å². The van der Waals surface area contributed by atoms with Crippen molar-refractivity contribution >= 4 is 137 Å². The van der Waals surface area contributed by atoms with Gasteiger partial charge in [0.2, 0.25) is 23.6 Å². The van der Waals surface area contributed by atoms with Gasteiger partial charge in [-0.05, 0) is 80.3 Å². The maximum atomic E-state index is 14.4. The molecular formula is C72H77Cl4F11N24O4. The van der Waals surface area contributed by atoms with Gasteiger partial charge in [-0.15, -0.1) is 0 Å². The summed E-state index contributed by atoms with van der Waals surface area (Å²) < 4.78 is 141. The van der Waals surface area contributed by atoms with Gasteiger partial charge in [0.1, 0.15) is 77.5 Å². The molecule has 1 saturated heterocycles. The highest BCUT2D eigenvalue weighted by molar-refractivity contribution is 6.32. The van der Waals surface area contributed by atoms with Gasteiger partial charge in [-0.1, -0.05) is 81.0 Å². The van der Waals surface area contributed by atoms with Gasteiger partial charge >= 0.3 is 18.5 Å². The minimum Gasteiger partial charge on any atom is -0.358 e. The second-order valence-corrected chi connectivity index (χ2v) is 29.3. The Morgan fingerprint density at radius 1 is 0.539 bits per heavy atom. The van der Waals surface area contributed by atoms with Crippen LogP contribution >= 0.6 is 46.4 Å². The molecule has 1 saturated carbocycles. The third-order valence-electron chi connectivity index (χ3n) is 17.7. The molecule has 13 heterocycles. The van der Waals surface area contributed by atoms with E-state index >= 15 is 0 Å². The number of hydrogen-bond acceptors (Lipinski definition) is 20. The Morgan fingerprint density at radius 2 is 0.965 bits per heavy atom. The number of hydrogen-bond donors (Lipinski definition) is 11. The highest BCUT2D eigenvalue weighted by Gasteiger charge is 2.46. The zero-order chi connectivity index (χ0) is 83.1. The van der Waals surface area contributed by atoms with E-state index < -0.39 is 90.6 Å². The summed E-state index contributed by atoms with van der Waals surface area (Å²) in [7, 11) is 0. The van der Waals surface area contributed by atoms with Crippen LogP contribution in [0, 0.1) is 23.0 Å². The highest BCUT2D eigenvalue weighted by Crippen LogP contribution is 2.39. The van der Waals surface area contributed by atoms with Crippen molar-refractivity contribution in [3.8, 4) is 45.6 Å². The molecule has 0 aromatic carbocycles. The van der Waals surface area contributed by atoms with Gasteiger partial charge in [0, 0.05) is 125 Å². The van der Waals surface area contributed by atoms with Crippen molar-refractivity contribution in [2.75, 3.05) is 53.6 Å². The van der Waals surface area contributed by atoms with Gasteiger partial charge in [0.25, 0.3) is 0 Å². The lowest BCUT2D eigenvalue weighted by atomic mass is 9.76. The Balaban J connectivity index is 0.000000217. The summed E-state index contributed by atoms with van der Waals surface area (Å²) in [5.74, 6) is -2.41. The molecule has 1 aliphatic heterocycles. The summed E-state index contributed by atoms with van der Waals surface area (Å²) in [5.41, 5.74) is 2.90. The summed E-state index contributed by atoms with van der Waals surface area (Å²) >= 11 is 24.1. The van der Waals surface area contributed by atoms with Crippen molar-refractivity contribution in [2.45, 2.75) is 109 Å². The quantitative estimate of drug-likeness (QED) is 0.0316. The number of nitrogens with one attached hydrogen (secondary N) is 11. The number of carbonyl (C=O) groups is 4. The summed E-state index contributed by atoms with van der Waals surface area (Å²) in [5, 5.41) is 21.9. The van der Waals surface area contributed by atoms with Crippen molar-refractivity contribution < 1.29 is 73.2 Å². The van der Waals surface area contributed by atoms with Crippen LogP contribution in [0.5, 0.6) is 0 Å². The molecule has 115 heavy (non-hydrogen) atoms. The van der Waals surface area contributed by atoms with E-state index in [1.807, 2.05) is 42.8 Å². The Labute approximate surface area is 670 Å². The number of aromatic amines is 4. The first kappa shape index (κ1) is 84.5. The first-order chi connectivity index (χ1) is 54.3. The summed E-state index contributed by atoms with van der Waals surface area (Å²) in [6.45, 7) is 7.31. The number of amides is 4. The molecule has 614 valence electrons. The normalized spacial score (nSPS) is 14.6. The van der Waals surface area contributed by atoms with Gasteiger partial charge in [0.05, 0.1) is 32.5 Å². The Bertz CT molecular complexity index is 5540. The van der Waals surface area contributed by atoms with E-state index in [-0.39, 0.29) is 59.8 Å². The predicted octanol–water partition coefficient (Wildman–Crippen LogP) is 15.3. The smallest absolute Gasteiger partial charge is 0.358 e. The molecule has 3 atom stereocenters. The van der Waals surface area contributed by atoms with Crippen molar-refractivity contribution in [1.29, 1.82) is 0 Å². The summed E-state index contributed by atoms with van der Waals surface area (Å²) in [6.07, 6.45) is 6.02. The van der Waals surface area contributed by atoms with Gasteiger partial charge < -0.3 is 62.1 Å². The number of anilines is 4. The fraction of sp³-hybridized carbons (Fsp3) is 0.333. The number of nitrogens with zero attached hydrogens (tertiary/aromatic N) is 13. The fourth-order valence-corrected chi connectivity index (χ4v) is 12.5. The Hall–Kier alpha value is -11.5. The molecule has 2 fully saturated rings. The van der Waals surface area contributed by atoms with Crippen LogP contribution in [0.1, 0.15) is 72.9 Å². The monoisotopic (exact) mass is 1690 g/mol. The van der Waals surface area contributed by atoms with Crippen molar-refractivity contribution in [2.24, 2.45) is 11.3 Å². The predicted molar refractivity (Wildman–Crippen MR) is 418 cm³/mol. The van der Waals surface area contributed by atoms with Crippen molar-refractivity contribution in [3.63, 3.8) is 0 Å². The number of rotatable bonds is 20. The largest absolute Gasteiger partial charge is 0.405 e. The van der Waals surface area contributed by atoms with Crippen LogP contribution in [0.15, 0.2) is 111 Å². The Kier molecular flexibility index (Phi) is 25.8. The standard InChI is InChI=1S/C19H19ClF4N6O.C18H16ClF3N6O.C18H21ClN6O.C17H13ClF4N6O.4H2/c1-18(2,3)13(17(31)28-8-19(22,23)24)29-16-12(21)7-27-15(30-16)11-6-26-14-10(11)4-9(20)5-25-14;19-10-6-11-12(8-25-14(11)24-7-10)15-23-5-2-13(27-15)28-17(3-1-4-17)16(29)26-9-18(20,21)22;1-4-20-18(26)15(10(2)3)24-14-5-6-21-17(25-14)13-9-23-16-12(13)7-11(19)8-22-16;18-8-3-9-10(5-24-13(9)23-4-8)14-25-6-11(19)15(27-14)28-2-1-12(28)16(29)26-7-17(20,21)22;;;;/h4-7,13H,8H2,1-3H3,(H,25,26)(H,28,31)(H,27,29,30);2,5-8H,1,3-4,9H2,(H,24,25)(H,26,29)(H,23,27,28);5-10,15H,4H2,1-3H3,(H,20,26)(H,22,23)(H,21,24,25);3-6,12H,1-2,7H2,(H,23,24)(H,26,29);4*1H/t13-;;15-;12-;;;;/m0.10..../s1. The molecule has 28 nitrogen and oxygen atoms in total. The van der Waals surface area contributed by atoms with E-state index in [1.54, 1.807) is 88.3 Å². The van der Waals surface area contributed by atoms with Crippen molar-refractivity contribution in [1.82, 2.24) is 101 Å². The Morgan fingerprint density at radius 3 is 1.38 bits per heavy atom. The lowest BCUT2D eigenvalue weighted by Gasteiger charge is -2.41. The second-order valence-electron chi connectivity index (χ2n) is 27.5. The molecule has 11 N–H and O–H groups in total. The first-order valence-corrected chi connectivity index (χ1v) is 36.5. The SMILES string of the molecule is CC(C)(C)[C@@H](Nc1nc(-c2c[nH]c3ncc(Cl)cc23)ncc1F)C(=O)NCC(F)(F)F.CCNC(=O)[C@H](Nc1ccnc(-c2c[nH]c3ncc(Cl)cc23)n1)C(C)C.O=C(NCC(F)(F)F)C1(Nc2ccnc(-c3c[nH]c4ncc(Cl)cc34)n2)CCC1.O=C(NCC(F)(F)F)[C@@H]1CCN1c1nc(-c2c[nH]c3ncc(Cl)cc23)ncc1F.[HH].[HH].[HH].[HH]. The molecule has 1 aliphatic carbocycles. The zero-order valence-electron chi connectivity index (χ0n) is 61.2. The third kappa shape index (κ3) is 21.1. The molecule has 43 heteroatoms. The second kappa shape index (κ2) is 35.1. The van der Waals surface area contributed by atoms with Gasteiger partial charge in [-0.25, -0.2) is 68.6 Å². The number of H-pyrrole nitrogens is 4. The first-order valence-electron chi connectivity index (χ1n) is 35.0. The highest BCUT2D eigenvalue weighted by atomic mass is 35.5. The summed E-state index contributed by atoms with van der Waals surface area (Å²) in [6, 6.07) is 7.65. The maximum absolute atomic E-state index is 14.4. The molecule has 14 rings (SSSR count). The number of aromatic nitrogens is 16. The van der Waals surface area contributed by atoms with Gasteiger partial charge in [0.15, 0.2) is 46.6 Å². The number of likely N-dealkylation sites (N-methyl/N-ethyl adjacent to an activating group) is 1. The van der Waals surface area contributed by atoms with Crippen molar-refractivity contribution in [3.05, 3.63) is 142 Å². The molecule has 0 radical (unpaired) electrons. The fourth-order valence-electron chi connectivity index (χ4n) is 11.9. The van der Waals surface area contributed by atoms with E-state index in [9.17, 15) is 67.5 Å². The molecule has 0 unspecified atom stereocenters. The minimum atomic E-state index is -4.57. The molecule has 4 amide bonds. The topological polar surface area (TPSA) is 374 Å². The number of alkyl halides is 9. The molecule has 12 aromatic rings. The average Bonchev–Trinajstić information content (AvgIpc) is 1.50. The van der Waals surface area contributed by atoms with Crippen LogP contribution in [0.3, 0.4) is 0 Å². The maximum Gasteiger partial charge on any atom is 0.405 e. The van der Waals surface area contributed by atoms with Crippen LogP contribution < -0.4 is 42.1 Å². The van der Waals surface area contributed by atoms with Crippen LogP contribution in [-0.2, 0) is 19.2 Å². The zero-order valence-corrected chi connectivity index (χ0v) is 64.2. The van der Waals surface area contributed by atoms with Gasteiger partial charge in [-0.2, -0.15) is 39.5 Å². The van der Waals surface area contributed by atoms with E-state index in [0.29, 0.717) is 113 Å². The third-order valence-corrected chi connectivity index (χ3v) is 18.6. The lowest BCUT2D eigenvalue weighted by molar-refractivity contribution is -0.142. The number of halogens is 15. The average molecular weight is 1690 g/mol. The van der Waals surface area contributed by atoms with E-state index in [0.717, 1.165) is 35.2 Å². The summed E-state index contributed by atoms with van der Waals surface area (Å²) in [4.78, 5) is 113. The molecular weight excluding hydrogens is 1620 g/mol. The van der Waals surface area contributed by atoms with Crippen LogP contribution in [0.25, 0.3) is 89.7 Å². The van der Waals surface area contributed by atoms with E-state index in [1.165, 1.54) is 29.7 Å². The van der Waals surface area contributed by atoms with Crippen LogP contribution in [0.2, 0.25) is 20.1 Å². The minimum absolute atomic E-state index is 0. The molecule has 2 aliphatic rings. The van der Waals surface area contributed by atoms with E-state index in [2.05, 4.69) is 101 Å². The number of pyridine rings is 4. The number of carbonyl (C=O) groups excluding carboxylic acids is 4. The van der Waals surface area contributed by atoms with E-state index in [4.69, 9.17) is 46.4 Å². The molecule has 0 bridgehead atoms. The molecule has 0 spiro atoms. The van der Waals surface area contributed by atoms with Gasteiger partial charge in [-0.3, -0.25) is 19.2 Å². The molecule has 12 aromatic heterocycles.